The second-order valence-electron chi connectivity index (χ2n) is 7.12. The molecule has 1 heterocycles. The van der Waals surface area contributed by atoms with Gasteiger partial charge in [-0.1, -0.05) is 48.0 Å². The van der Waals surface area contributed by atoms with E-state index in [4.69, 9.17) is 11.6 Å². The second kappa shape index (κ2) is 10.7. The van der Waals surface area contributed by atoms with Gasteiger partial charge in [-0.25, -0.2) is 4.39 Å². The van der Waals surface area contributed by atoms with E-state index in [9.17, 15) is 12.8 Å². The highest BCUT2D eigenvalue weighted by Crippen LogP contribution is 2.22. The molecule has 0 aliphatic carbocycles. The van der Waals surface area contributed by atoms with Crippen molar-refractivity contribution in [3.05, 3.63) is 70.5 Å². The Morgan fingerprint density at radius 1 is 1.14 bits per heavy atom. The normalized spacial score (nSPS) is 16.0. The first-order valence-electron chi connectivity index (χ1n) is 9.28. The predicted molar refractivity (Wildman–Crippen MR) is 117 cm³/mol. The van der Waals surface area contributed by atoms with E-state index in [0.29, 0.717) is 0 Å². The zero-order chi connectivity index (χ0) is 20.1. The third-order valence-corrected chi connectivity index (χ3v) is 6.94. The van der Waals surface area contributed by atoms with Crippen LogP contribution in [0.1, 0.15) is 24.0 Å². The van der Waals surface area contributed by atoms with E-state index in [0.717, 1.165) is 36.8 Å². The summed E-state index contributed by atoms with van der Waals surface area (Å²) < 4.78 is 43.1. The first kappa shape index (κ1) is 24.1. The molecule has 0 aromatic heterocycles. The Balaban J connectivity index is 0.00000300. The highest BCUT2D eigenvalue weighted by molar-refractivity contribution is 7.87. The van der Waals surface area contributed by atoms with Crippen molar-refractivity contribution in [2.24, 2.45) is 0 Å². The average Bonchev–Trinajstić information content (AvgIpc) is 2.67. The Morgan fingerprint density at radius 3 is 2.41 bits per heavy atom. The molecule has 1 fully saturated rings. The van der Waals surface area contributed by atoms with Crippen molar-refractivity contribution in [2.75, 3.05) is 20.1 Å². The predicted octanol–water partition coefficient (Wildman–Crippen LogP) is 3.83. The van der Waals surface area contributed by atoms with Crippen LogP contribution in [-0.2, 0) is 23.3 Å². The highest BCUT2D eigenvalue weighted by atomic mass is 35.5. The maximum atomic E-state index is 13.9. The van der Waals surface area contributed by atoms with Crippen LogP contribution in [0.5, 0.6) is 0 Å². The van der Waals surface area contributed by atoms with E-state index < -0.39 is 16.0 Å². The molecule has 1 N–H and O–H groups in total. The largest absolute Gasteiger partial charge is 0.299 e. The molecule has 29 heavy (non-hydrogen) atoms. The maximum absolute atomic E-state index is 13.9. The second-order valence-corrected chi connectivity index (χ2v) is 9.33. The molecule has 0 amide bonds. The van der Waals surface area contributed by atoms with Crippen LogP contribution >= 0.6 is 24.0 Å². The van der Waals surface area contributed by atoms with Crippen LogP contribution in [0.25, 0.3) is 0 Å². The number of piperidine rings is 1. The fourth-order valence-electron chi connectivity index (χ4n) is 3.34. The van der Waals surface area contributed by atoms with Gasteiger partial charge in [-0.05, 0) is 30.5 Å². The quantitative estimate of drug-likeness (QED) is 0.681. The molecule has 0 atom stereocenters. The van der Waals surface area contributed by atoms with Crippen LogP contribution in [0.2, 0.25) is 5.02 Å². The molecular formula is C20H26Cl2FN3O2S. The number of hydrogen-bond acceptors (Lipinski definition) is 3. The molecule has 0 radical (unpaired) electrons. The summed E-state index contributed by atoms with van der Waals surface area (Å²) in [5.74, 6) is -0.510. The van der Waals surface area contributed by atoms with E-state index in [1.54, 1.807) is 6.07 Å². The summed E-state index contributed by atoms with van der Waals surface area (Å²) in [6.45, 7) is 2.40. The standard InChI is InChI=1S/C20H25ClFN3O2S.ClH/c1-24(15-18-19(21)8-5-9-20(18)22)28(26,27)23-17-10-12-25(13-11-17)14-16-6-3-2-4-7-16;/h2-9,17,23H,10-15H2,1H3;1H. The lowest BCUT2D eigenvalue weighted by atomic mass is 10.1. The van der Waals surface area contributed by atoms with Crippen molar-refractivity contribution in [1.29, 1.82) is 0 Å². The van der Waals surface area contributed by atoms with Crippen LogP contribution in [-0.4, -0.2) is 43.8 Å². The maximum Gasteiger partial charge on any atom is 0.279 e. The Labute approximate surface area is 183 Å². The minimum Gasteiger partial charge on any atom is -0.299 e. The van der Waals surface area contributed by atoms with Crippen LogP contribution in [0.4, 0.5) is 4.39 Å². The molecule has 9 heteroatoms. The van der Waals surface area contributed by atoms with Crippen LogP contribution in [0.15, 0.2) is 48.5 Å². The zero-order valence-electron chi connectivity index (χ0n) is 16.2. The summed E-state index contributed by atoms with van der Waals surface area (Å²) in [5.41, 5.74) is 1.43. The Hall–Kier alpha value is -1.22. The first-order valence-corrected chi connectivity index (χ1v) is 11.1. The van der Waals surface area contributed by atoms with E-state index in [-0.39, 0.29) is 35.6 Å². The number of hydrogen-bond donors (Lipinski definition) is 1. The lowest BCUT2D eigenvalue weighted by Gasteiger charge is -2.33. The van der Waals surface area contributed by atoms with Crippen molar-refractivity contribution in [2.45, 2.75) is 32.0 Å². The SMILES string of the molecule is CN(Cc1c(F)cccc1Cl)S(=O)(=O)NC1CCN(Cc2ccccc2)CC1.Cl. The van der Waals surface area contributed by atoms with Crippen molar-refractivity contribution >= 4 is 34.2 Å². The van der Waals surface area contributed by atoms with Crippen LogP contribution in [0, 0.1) is 5.82 Å². The van der Waals surface area contributed by atoms with Crippen LogP contribution in [0.3, 0.4) is 0 Å². The number of rotatable bonds is 7. The fourth-order valence-corrected chi connectivity index (χ4v) is 4.70. The minimum absolute atomic E-state index is 0. The topological polar surface area (TPSA) is 52.7 Å². The summed E-state index contributed by atoms with van der Waals surface area (Å²) in [7, 11) is -2.30. The van der Waals surface area contributed by atoms with Crippen molar-refractivity contribution < 1.29 is 12.8 Å². The molecule has 5 nitrogen and oxygen atoms in total. The Kier molecular flexibility index (Phi) is 8.88. The van der Waals surface area contributed by atoms with Crippen molar-refractivity contribution in [3.8, 4) is 0 Å². The van der Waals surface area contributed by atoms with Gasteiger partial charge in [-0.15, -0.1) is 12.4 Å². The van der Waals surface area contributed by atoms with Gasteiger partial charge < -0.3 is 0 Å². The molecule has 0 spiro atoms. The van der Waals surface area contributed by atoms with Gasteiger partial charge in [0.1, 0.15) is 5.82 Å². The van der Waals surface area contributed by atoms with Crippen LogP contribution < -0.4 is 4.72 Å². The highest BCUT2D eigenvalue weighted by Gasteiger charge is 2.27. The molecule has 1 saturated heterocycles. The van der Waals surface area contributed by atoms with Gasteiger partial charge in [-0.2, -0.15) is 17.4 Å². The Morgan fingerprint density at radius 2 is 1.79 bits per heavy atom. The molecule has 0 bridgehead atoms. The van der Waals surface area contributed by atoms with Crippen molar-refractivity contribution in [3.63, 3.8) is 0 Å². The molecule has 2 aromatic rings. The number of halogens is 3. The van der Waals surface area contributed by atoms with Gasteiger partial charge in [0.05, 0.1) is 0 Å². The van der Waals surface area contributed by atoms with Gasteiger partial charge in [0, 0.05) is 49.9 Å². The van der Waals surface area contributed by atoms with Gasteiger partial charge >= 0.3 is 0 Å². The first-order chi connectivity index (χ1) is 13.3. The minimum atomic E-state index is -3.73. The summed E-state index contributed by atoms with van der Waals surface area (Å²) >= 11 is 6.01. The molecule has 3 rings (SSSR count). The number of nitrogens with one attached hydrogen (secondary N) is 1. The zero-order valence-corrected chi connectivity index (χ0v) is 18.6. The third kappa shape index (κ3) is 6.64. The number of nitrogens with zero attached hydrogens (tertiary/aromatic N) is 2. The van der Waals surface area contributed by atoms with E-state index >= 15 is 0 Å². The third-order valence-electron chi connectivity index (χ3n) is 5.00. The number of likely N-dealkylation sites (tertiary alicyclic amines) is 1. The summed E-state index contributed by atoms with van der Waals surface area (Å²) in [4.78, 5) is 2.32. The molecule has 0 unspecified atom stereocenters. The monoisotopic (exact) mass is 461 g/mol. The summed E-state index contributed by atoms with van der Waals surface area (Å²) in [5, 5.41) is 0.219. The number of benzene rings is 2. The lowest BCUT2D eigenvalue weighted by Crippen LogP contribution is -2.48. The molecule has 2 aromatic carbocycles. The molecule has 160 valence electrons. The van der Waals surface area contributed by atoms with Gasteiger partial charge in [0.25, 0.3) is 10.2 Å². The molecule has 0 saturated carbocycles. The van der Waals surface area contributed by atoms with E-state index in [1.807, 2.05) is 18.2 Å². The molecule has 1 aliphatic rings. The smallest absolute Gasteiger partial charge is 0.279 e. The summed E-state index contributed by atoms with van der Waals surface area (Å²) in [6, 6.07) is 14.4. The molecule has 1 aliphatic heterocycles. The van der Waals surface area contributed by atoms with Gasteiger partial charge in [0.15, 0.2) is 0 Å². The van der Waals surface area contributed by atoms with Gasteiger partial charge in [-0.3, -0.25) is 4.90 Å². The molecular weight excluding hydrogens is 436 g/mol. The fraction of sp³-hybridized carbons (Fsp3) is 0.400. The van der Waals surface area contributed by atoms with E-state index in [1.165, 1.54) is 24.7 Å². The van der Waals surface area contributed by atoms with Gasteiger partial charge in [0.2, 0.25) is 0 Å². The van der Waals surface area contributed by atoms with Crippen molar-refractivity contribution in [1.82, 2.24) is 13.9 Å². The Bertz CT molecular complexity index is 872. The average molecular weight is 462 g/mol. The van der Waals surface area contributed by atoms with E-state index in [2.05, 4.69) is 21.8 Å². The summed E-state index contributed by atoms with van der Waals surface area (Å²) in [6.07, 6.45) is 1.47. The lowest BCUT2D eigenvalue weighted by molar-refractivity contribution is 0.199.